The number of halogens is 1. The number of amides is 1. The van der Waals surface area contributed by atoms with Crippen LogP contribution in [0.3, 0.4) is 0 Å². The Morgan fingerprint density at radius 1 is 1.10 bits per heavy atom. The molecule has 0 fully saturated rings. The third kappa shape index (κ3) is 2.20. The standard InChI is InChI=1S/C16H15BrN2O/c1-10-3-4-11(2)15(7-10)19-14-6-5-12(17)8-13(14)18-9-16(19)20/h3-8,18H,9H2,1-2H3. The van der Waals surface area contributed by atoms with Gasteiger partial charge in [0.15, 0.2) is 0 Å². The van der Waals surface area contributed by atoms with Crippen LogP contribution >= 0.6 is 15.9 Å². The van der Waals surface area contributed by atoms with Gasteiger partial charge in [-0.05, 0) is 49.2 Å². The SMILES string of the molecule is Cc1ccc(C)c(N2C(=O)CNc3cc(Br)ccc32)c1. The van der Waals surface area contributed by atoms with Gasteiger partial charge in [0.05, 0.1) is 23.6 Å². The minimum Gasteiger partial charge on any atom is -0.374 e. The monoisotopic (exact) mass is 330 g/mol. The third-order valence-electron chi connectivity index (χ3n) is 3.48. The molecular weight excluding hydrogens is 316 g/mol. The summed E-state index contributed by atoms with van der Waals surface area (Å²) in [4.78, 5) is 14.2. The summed E-state index contributed by atoms with van der Waals surface area (Å²) in [5.74, 6) is 0.0634. The molecule has 0 bridgehead atoms. The molecule has 2 aromatic rings. The van der Waals surface area contributed by atoms with E-state index in [2.05, 4.69) is 39.4 Å². The van der Waals surface area contributed by atoms with Crippen LogP contribution in [0.2, 0.25) is 0 Å². The second-order valence-corrected chi connectivity index (χ2v) is 5.95. The van der Waals surface area contributed by atoms with Gasteiger partial charge in [0, 0.05) is 4.47 Å². The summed E-state index contributed by atoms with van der Waals surface area (Å²) in [7, 11) is 0. The second kappa shape index (κ2) is 4.94. The zero-order valence-corrected chi connectivity index (χ0v) is 13.0. The van der Waals surface area contributed by atoms with Crippen molar-refractivity contribution in [2.75, 3.05) is 16.8 Å². The van der Waals surface area contributed by atoms with E-state index in [0.717, 1.165) is 32.7 Å². The molecule has 1 N–H and O–H groups in total. The van der Waals surface area contributed by atoms with E-state index < -0.39 is 0 Å². The fraction of sp³-hybridized carbons (Fsp3) is 0.188. The quantitative estimate of drug-likeness (QED) is 0.851. The van der Waals surface area contributed by atoms with Crippen molar-refractivity contribution in [3.63, 3.8) is 0 Å². The molecule has 1 amide bonds. The van der Waals surface area contributed by atoms with Crippen molar-refractivity contribution < 1.29 is 4.79 Å². The molecule has 1 aliphatic heterocycles. The summed E-state index contributed by atoms with van der Waals surface area (Å²) in [6.07, 6.45) is 0. The van der Waals surface area contributed by atoms with Gasteiger partial charge in [-0.1, -0.05) is 28.1 Å². The van der Waals surface area contributed by atoms with E-state index in [1.807, 2.05) is 32.0 Å². The number of carbonyl (C=O) groups is 1. The molecular formula is C16H15BrN2O. The van der Waals surface area contributed by atoms with Gasteiger partial charge in [-0.3, -0.25) is 9.69 Å². The maximum atomic E-state index is 12.4. The zero-order valence-electron chi connectivity index (χ0n) is 11.4. The van der Waals surface area contributed by atoms with Crippen LogP contribution in [-0.2, 0) is 4.79 Å². The van der Waals surface area contributed by atoms with Crippen LogP contribution in [0.5, 0.6) is 0 Å². The second-order valence-electron chi connectivity index (χ2n) is 5.03. The molecule has 4 heteroatoms. The van der Waals surface area contributed by atoms with Crippen molar-refractivity contribution in [2.24, 2.45) is 0 Å². The Morgan fingerprint density at radius 2 is 1.90 bits per heavy atom. The Bertz CT molecular complexity index is 697. The highest BCUT2D eigenvalue weighted by Gasteiger charge is 2.26. The molecule has 0 aromatic heterocycles. The van der Waals surface area contributed by atoms with Gasteiger partial charge in [-0.15, -0.1) is 0 Å². The number of carbonyl (C=O) groups excluding carboxylic acids is 1. The lowest BCUT2D eigenvalue weighted by molar-refractivity contribution is -0.116. The molecule has 0 saturated heterocycles. The number of anilines is 3. The maximum Gasteiger partial charge on any atom is 0.250 e. The van der Waals surface area contributed by atoms with Gasteiger partial charge in [0.2, 0.25) is 0 Å². The number of hydrogen-bond acceptors (Lipinski definition) is 2. The lowest BCUT2D eigenvalue weighted by Gasteiger charge is -2.31. The molecule has 0 saturated carbocycles. The summed E-state index contributed by atoms with van der Waals surface area (Å²) in [5, 5.41) is 3.17. The van der Waals surface area contributed by atoms with Gasteiger partial charge in [0.1, 0.15) is 0 Å². The van der Waals surface area contributed by atoms with Crippen molar-refractivity contribution in [2.45, 2.75) is 13.8 Å². The molecule has 0 radical (unpaired) electrons. The van der Waals surface area contributed by atoms with E-state index in [-0.39, 0.29) is 5.91 Å². The highest BCUT2D eigenvalue weighted by molar-refractivity contribution is 9.10. The van der Waals surface area contributed by atoms with Gasteiger partial charge in [0.25, 0.3) is 5.91 Å². The Balaban J connectivity index is 2.18. The smallest absolute Gasteiger partial charge is 0.250 e. The van der Waals surface area contributed by atoms with Crippen molar-refractivity contribution in [1.29, 1.82) is 0 Å². The summed E-state index contributed by atoms with van der Waals surface area (Å²) >= 11 is 3.46. The molecule has 2 aromatic carbocycles. The summed E-state index contributed by atoms with van der Waals surface area (Å²) in [6.45, 7) is 4.39. The van der Waals surface area contributed by atoms with Crippen LogP contribution in [0.15, 0.2) is 40.9 Å². The summed E-state index contributed by atoms with van der Waals surface area (Å²) < 4.78 is 0.999. The van der Waals surface area contributed by atoms with E-state index in [0.29, 0.717) is 6.54 Å². The zero-order chi connectivity index (χ0) is 14.3. The Labute approximate surface area is 126 Å². The first-order valence-corrected chi connectivity index (χ1v) is 7.29. The third-order valence-corrected chi connectivity index (χ3v) is 3.98. The van der Waals surface area contributed by atoms with Crippen LogP contribution in [0.25, 0.3) is 0 Å². The van der Waals surface area contributed by atoms with Gasteiger partial charge in [-0.2, -0.15) is 0 Å². The molecule has 1 aliphatic rings. The van der Waals surface area contributed by atoms with Crippen molar-refractivity contribution in [3.8, 4) is 0 Å². The minimum atomic E-state index is 0.0634. The Kier molecular flexibility index (Phi) is 3.26. The fourth-order valence-electron chi connectivity index (χ4n) is 2.45. The van der Waals surface area contributed by atoms with E-state index in [4.69, 9.17) is 0 Å². The largest absolute Gasteiger partial charge is 0.374 e. The average molecular weight is 331 g/mol. The minimum absolute atomic E-state index is 0.0634. The lowest BCUT2D eigenvalue weighted by Crippen LogP contribution is -2.36. The average Bonchev–Trinajstić information content (AvgIpc) is 2.42. The summed E-state index contributed by atoms with van der Waals surface area (Å²) in [6, 6.07) is 12.1. The molecule has 3 rings (SSSR count). The highest BCUT2D eigenvalue weighted by atomic mass is 79.9. The molecule has 0 spiro atoms. The van der Waals surface area contributed by atoms with E-state index in [1.165, 1.54) is 0 Å². The van der Waals surface area contributed by atoms with Crippen LogP contribution in [-0.4, -0.2) is 12.5 Å². The van der Waals surface area contributed by atoms with Crippen LogP contribution in [0.1, 0.15) is 11.1 Å². The number of hydrogen-bond donors (Lipinski definition) is 1. The first kappa shape index (κ1) is 13.2. The van der Waals surface area contributed by atoms with Gasteiger partial charge < -0.3 is 5.32 Å². The first-order valence-electron chi connectivity index (χ1n) is 6.50. The lowest BCUT2D eigenvalue weighted by atomic mass is 10.1. The van der Waals surface area contributed by atoms with Gasteiger partial charge >= 0.3 is 0 Å². The van der Waals surface area contributed by atoms with Crippen molar-refractivity contribution in [1.82, 2.24) is 0 Å². The Morgan fingerprint density at radius 3 is 2.70 bits per heavy atom. The number of nitrogens with zero attached hydrogens (tertiary/aromatic N) is 1. The number of nitrogens with one attached hydrogen (secondary N) is 1. The van der Waals surface area contributed by atoms with E-state index in [9.17, 15) is 4.79 Å². The predicted octanol–water partition coefficient (Wildman–Crippen LogP) is 4.16. The molecule has 0 aliphatic carbocycles. The van der Waals surface area contributed by atoms with Crippen LogP contribution in [0.4, 0.5) is 17.1 Å². The topological polar surface area (TPSA) is 32.3 Å². The molecule has 0 unspecified atom stereocenters. The van der Waals surface area contributed by atoms with Crippen LogP contribution < -0.4 is 10.2 Å². The molecule has 102 valence electrons. The highest BCUT2D eigenvalue weighted by Crippen LogP contribution is 2.38. The number of fused-ring (bicyclic) bond motifs is 1. The van der Waals surface area contributed by atoms with Crippen molar-refractivity contribution in [3.05, 3.63) is 52.0 Å². The molecule has 20 heavy (non-hydrogen) atoms. The number of benzene rings is 2. The summed E-state index contributed by atoms with van der Waals surface area (Å²) in [5.41, 5.74) is 5.08. The predicted molar refractivity (Wildman–Crippen MR) is 85.7 cm³/mol. The maximum absolute atomic E-state index is 12.4. The van der Waals surface area contributed by atoms with E-state index >= 15 is 0 Å². The molecule has 3 nitrogen and oxygen atoms in total. The normalized spacial score (nSPS) is 13.9. The van der Waals surface area contributed by atoms with Crippen LogP contribution in [0, 0.1) is 13.8 Å². The van der Waals surface area contributed by atoms with Crippen molar-refractivity contribution >= 4 is 38.9 Å². The number of rotatable bonds is 1. The Hall–Kier alpha value is -1.81. The van der Waals surface area contributed by atoms with E-state index in [1.54, 1.807) is 4.90 Å². The fourth-order valence-corrected chi connectivity index (χ4v) is 2.81. The molecule has 0 atom stereocenters. The number of aryl methyl sites for hydroxylation is 2. The first-order chi connectivity index (χ1) is 9.56. The molecule has 1 heterocycles. The van der Waals surface area contributed by atoms with Gasteiger partial charge in [-0.25, -0.2) is 0 Å².